The van der Waals surface area contributed by atoms with Crippen LogP contribution in [0.1, 0.15) is 73.9 Å². The van der Waals surface area contributed by atoms with Crippen LogP contribution < -0.4 is 0 Å². The van der Waals surface area contributed by atoms with E-state index in [0.717, 1.165) is 57.4 Å². The number of nitrogens with zero attached hydrogens (tertiary/aromatic N) is 3. The first-order valence-corrected chi connectivity index (χ1v) is 15.2. The minimum absolute atomic E-state index is 0.0305. The summed E-state index contributed by atoms with van der Waals surface area (Å²) in [6.07, 6.45) is 3.92. The summed E-state index contributed by atoms with van der Waals surface area (Å²) >= 11 is 0. The lowest BCUT2D eigenvalue weighted by atomic mass is 9.61. The van der Waals surface area contributed by atoms with Crippen LogP contribution in [0.2, 0.25) is 0 Å². The van der Waals surface area contributed by atoms with E-state index in [2.05, 4.69) is 44.7 Å². The first kappa shape index (κ1) is 31.2. The minimum atomic E-state index is -0.568. The third-order valence-electron chi connectivity index (χ3n) is 9.01. The highest BCUT2D eigenvalue weighted by molar-refractivity contribution is 5.99. The molecule has 6 nitrogen and oxygen atoms in total. The van der Waals surface area contributed by atoms with Crippen LogP contribution >= 0.6 is 0 Å². The molecule has 41 heavy (non-hydrogen) atoms. The van der Waals surface area contributed by atoms with Crippen molar-refractivity contribution in [3.05, 3.63) is 65.0 Å². The highest BCUT2D eigenvalue weighted by Crippen LogP contribution is 2.49. The van der Waals surface area contributed by atoms with Crippen LogP contribution in [0.15, 0.2) is 42.5 Å². The van der Waals surface area contributed by atoms with E-state index in [1.165, 1.54) is 12.1 Å². The van der Waals surface area contributed by atoms with Gasteiger partial charge in [0.25, 0.3) is 0 Å². The first-order chi connectivity index (χ1) is 19.4. The molecule has 0 spiro atoms. The van der Waals surface area contributed by atoms with Gasteiger partial charge in [-0.25, -0.2) is 4.39 Å². The lowest BCUT2D eigenvalue weighted by molar-refractivity contribution is -0.144. The molecule has 0 radical (unpaired) electrons. The van der Waals surface area contributed by atoms with Gasteiger partial charge >= 0.3 is 0 Å². The number of unbranched alkanes of at least 4 members (excludes halogenated alkanes) is 1. The van der Waals surface area contributed by atoms with Crippen molar-refractivity contribution in [2.24, 2.45) is 17.3 Å². The predicted molar refractivity (Wildman–Crippen MR) is 162 cm³/mol. The Morgan fingerprint density at radius 3 is 2.37 bits per heavy atom. The largest absolute Gasteiger partial charge is 0.508 e. The molecule has 0 unspecified atom stereocenters. The highest BCUT2D eigenvalue weighted by atomic mass is 19.1. The summed E-state index contributed by atoms with van der Waals surface area (Å²) in [5.41, 5.74) is 1.39. The zero-order valence-electron chi connectivity index (χ0n) is 25.7. The summed E-state index contributed by atoms with van der Waals surface area (Å²) in [6.45, 7) is 12.0. The lowest BCUT2D eigenvalue weighted by Crippen LogP contribution is -2.62. The molecule has 0 saturated carbocycles. The van der Waals surface area contributed by atoms with Gasteiger partial charge in [-0.05, 0) is 94.5 Å². The van der Waals surface area contributed by atoms with Gasteiger partial charge in [0.1, 0.15) is 11.6 Å². The van der Waals surface area contributed by atoms with E-state index in [-0.39, 0.29) is 34.7 Å². The quantitative estimate of drug-likeness (QED) is 0.311. The molecule has 7 heteroatoms. The third-order valence-corrected chi connectivity index (χ3v) is 9.01. The molecule has 1 N–H and O–H groups in total. The van der Waals surface area contributed by atoms with Gasteiger partial charge in [0, 0.05) is 43.1 Å². The molecule has 0 bridgehead atoms. The second-order valence-corrected chi connectivity index (χ2v) is 13.4. The Kier molecular flexibility index (Phi) is 9.91. The van der Waals surface area contributed by atoms with Crippen molar-refractivity contribution in [1.29, 1.82) is 0 Å². The topological polar surface area (TPSA) is 64.1 Å². The molecule has 4 rings (SSSR count). The summed E-state index contributed by atoms with van der Waals surface area (Å²) < 4.78 is 15.1. The van der Waals surface area contributed by atoms with Crippen molar-refractivity contribution in [2.45, 2.75) is 65.3 Å². The van der Waals surface area contributed by atoms with Crippen molar-refractivity contribution in [3.63, 3.8) is 0 Å². The van der Waals surface area contributed by atoms with Gasteiger partial charge < -0.3 is 14.9 Å². The van der Waals surface area contributed by atoms with Gasteiger partial charge in [0.2, 0.25) is 5.91 Å². The van der Waals surface area contributed by atoms with Crippen LogP contribution in [-0.2, 0) is 4.79 Å². The Labute approximate surface area is 245 Å². The van der Waals surface area contributed by atoms with E-state index >= 15 is 4.39 Å². The van der Waals surface area contributed by atoms with Gasteiger partial charge in [-0.1, -0.05) is 45.0 Å². The molecule has 2 aromatic carbocycles. The monoisotopic (exact) mass is 565 g/mol. The number of benzene rings is 2. The van der Waals surface area contributed by atoms with Crippen molar-refractivity contribution in [2.75, 3.05) is 46.8 Å². The second kappa shape index (κ2) is 13.0. The van der Waals surface area contributed by atoms with E-state index in [1.807, 2.05) is 11.0 Å². The number of hydrogen-bond acceptors (Lipinski definition) is 5. The summed E-state index contributed by atoms with van der Waals surface area (Å²) in [5.74, 6) is -1.90. The van der Waals surface area contributed by atoms with E-state index in [0.29, 0.717) is 17.7 Å². The molecule has 2 aliphatic heterocycles. The van der Waals surface area contributed by atoms with Crippen LogP contribution in [0.25, 0.3) is 0 Å². The number of phenolic OH excluding ortho intramolecular Hbond substituents is 1. The molecule has 2 aromatic rings. The average Bonchev–Trinajstić information content (AvgIpc) is 3.46. The maximum absolute atomic E-state index is 15.1. The number of amides is 1. The fourth-order valence-electron chi connectivity index (χ4n) is 7.16. The summed E-state index contributed by atoms with van der Waals surface area (Å²) in [6, 6.07) is 11.4. The number of Topliss-reactive ketones (excluding diaryl/α,β-unsaturated/α-hetero) is 1. The molecule has 1 amide bonds. The smallest absolute Gasteiger partial charge is 0.227 e. The minimum Gasteiger partial charge on any atom is -0.508 e. The first-order valence-electron chi connectivity index (χ1n) is 15.2. The maximum atomic E-state index is 15.1. The molecule has 2 aliphatic rings. The Morgan fingerprint density at radius 2 is 1.73 bits per heavy atom. The number of likely N-dealkylation sites (tertiary alicyclic amines) is 2. The number of halogens is 1. The van der Waals surface area contributed by atoms with Gasteiger partial charge in [0.05, 0.1) is 5.92 Å². The number of piperidine rings is 1. The van der Waals surface area contributed by atoms with Gasteiger partial charge in [-0.15, -0.1) is 0 Å². The third kappa shape index (κ3) is 7.00. The number of carbonyl (C=O) groups excluding carboxylic acids is 2. The SMILES string of the molecule is Cc1c(F)cccc1[C@H]1[C@H](C(=O)N2CCCC2)[C@@H](C(C)(C)C)N(CCCCN(C)C)C[C@@H]1C(=O)c1cccc(O)c1. The zero-order valence-corrected chi connectivity index (χ0v) is 25.7. The second-order valence-electron chi connectivity index (χ2n) is 13.4. The molecule has 2 saturated heterocycles. The van der Waals surface area contributed by atoms with E-state index in [4.69, 9.17) is 0 Å². The molecule has 0 aromatic heterocycles. The van der Waals surface area contributed by atoms with Crippen LogP contribution in [-0.4, -0.2) is 84.4 Å². The summed E-state index contributed by atoms with van der Waals surface area (Å²) in [5, 5.41) is 10.2. The molecule has 224 valence electrons. The van der Waals surface area contributed by atoms with Crippen LogP contribution in [0.3, 0.4) is 0 Å². The van der Waals surface area contributed by atoms with Crippen molar-refractivity contribution in [3.8, 4) is 5.75 Å². The lowest BCUT2D eigenvalue weighted by Gasteiger charge is -2.54. The van der Waals surface area contributed by atoms with Gasteiger partial charge in [-0.2, -0.15) is 0 Å². The van der Waals surface area contributed by atoms with E-state index < -0.39 is 17.8 Å². The number of carbonyl (C=O) groups is 2. The van der Waals surface area contributed by atoms with Gasteiger partial charge in [-0.3, -0.25) is 14.5 Å². The van der Waals surface area contributed by atoms with Crippen LogP contribution in [0.4, 0.5) is 4.39 Å². The highest BCUT2D eigenvalue weighted by Gasteiger charge is 2.54. The van der Waals surface area contributed by atoms with Gasteiger partial charge in [0.15, 0.2) is 5.78 Å². The molecule has 4 atom stereocenters. The summed E-state index contributed by atoms with van der Waals surface area (Å²) in [7, 11) is 4.14. The number of rotatable bonds is 9. The fourth-order valence-corrected chi connectivity index (χ4v) is 7.16. The number of phenols is 1. The Bertz CT molecular complexity index is 1220. The van der Waals surface area contributed by atoms with Crippen molar-refractivity contribution in [1.82, 2.24) is 14.7 Å². The Morgan fingerprint density at radius 1 is 1.05 bits per heavy atom. The van der Waals surface area contributed by atoms with Crippen LogP contribution in [0, 0.1) is 30.0 Å². The predicted octanol–water partition coefficient (Wildman–Crippen LogP) is 5.73. The molecule has 0 aliphatic carbocycles. The number of aromatic hydroxyl groups is 1. The Balaban J connectivity index is 1.88. The zero-order chi connectivity index (χ0) is 29.9. The molecular weight excluding hydrogens is 517 g/mol. The van der Waals surface area contributed by atoms with Crippen LogP contribution in [0.5, 0.6) is 5.75 Å². The van der Waals surface area contributed by atoms with Crippen molar-refractivity contribution >= 4 is 11.7 Å². The fraction of sp³-hybridized carbons (Fsp3) is 0.588. The summed E-state index contributed by atoms with van der Waals surface area (Å²) in [4.78, 5) is 35.5. The molecular formula is C34H48FN3O3. The standard InChI is InChI=1S/C34H48FN3O3/c1-23-26(15-12-16-28(23)35)29-27(31(40)24-13-11-14-25(39)21-24)22-38(20-8-7-17-36(5)6)32(34(2,3)4)30(29)33(41)37-18-9-10-19-37/h11-16,21,27,29-30,32,39H,7-10,17-20,22H2,1-6H3/t27-,29+,30-,32-/m0/s1. The van der Waals surface area contributed by atoms with E-state index in [9.17, 15) is 14.7 Å². The van der Waals surface area contributed by atoms with Crippen molar-refractivity contribution < 1.29 is 19.1 Å². The molecule has 2 heterocycles. The Hall–Kier alpha value is -2.77. The maximum Gasteiger partial charge on any atom is 0.227 e. The molecule has 2 fully saturated rings. The number of ketones is 1. The van der Waals surface area contributed by atoms with E-state index in [1.54, 1.807) is 31.2 Å². The normalized spacial score (nSPS) is 23.8. The number of hydrogen-bond donors (Lipinski definition) is 1. The average molecular weight is 566 g/mol.